The first kappa shape index (κ1) is 31.0. The fraction of sp³-hybridized carbons (Fsp3) is 0.560. The molecule has 0 radical (unpaired) electrons. The Morgan fingerprint density at radius 2 is 1.73 bits per heavy atom. The maximum Gasteiger partial charge on any atom is 0.490 e. The number of halogens is 3. The number of aliphatic carboxylic acids is 1. The molecule has 2 aromatic rings. The van der Waals surface area contributed by atoms with E-state index in [9.17, 15) is 22.8 Å². The van der Waals surface area contributed by atoms with Crippen LogP contribution in [0.25, 0.3) is 0 Å². The Kier molecular flexibility index (Phi) is 11.4. The Bertz CT molecular complexity index is 1180. The van der Waals surface area contributed by atoms with Crippen LogP contribution in [-0.4, -0.2) is 99.3 Å². The number of amides is 1. The topological polar surface area (TPSA) is 159 Å². The summed E-state index contributed by atoms with van der Waals surface area (Å²) in [6.07, 6.45) is 2.37. The summed E-state index contributed by atoms with van der Waals surface area (Å²) in [6.45, 7) is 6.81. The lowest BCUT2D eigenvalue weighted by Gasteiger charge is -2.29. The molecule has 2 aliphatic heterocycles. The summed E-state index contributed by atoms with van der Waals surface area (Å²) in [5.74, 6) is -1.87. The van der Waals surface area contributed by atoms with Crippen LogP contribution >= 0.6 is 0 Å². The summed E-state index contributed by atoms with van der Waals surface area (Å²) in [6, 6.07) is 5.52. The van der Waals surface area contributed by atoms with Gasteiger partial charge in [-0.25, -0.2) is 14.6 Å². The van der Waals surface area contributed by atoms with Gasteiger partial charge in [-0.3, -0.25) is 9.36 Å². The van der Waals surface area contributed by atoms with E-state index >= 15 is 0 Å². The normalized spacial score (nSPS) is 16.6. The average molecular weight is 569 g/mol. The number of piperidine rings is 1. The number of nitrogens with zero attached hydrogens (tertiary/aromatic N) is 5. The molecular weight excluding hydrogens is 533 g/mol. The molecule has 0 aromatic carbocycles. The summed E-state index contributed by atoms with van der Waals surface area (Å²) in [4.78, 5) is 46.7. The molecule has 2 aliphatic rings. The zero-order valence-electron chi connectivity index (χ0n) is 22.1. The Morgan fingerprint density at radius 1 is 1.07 bits per heavy atom. The van der Waals surface area contributed by atoms with Gasteiger partial charge in [0.05, 0.1) is 0 Å². The van der Waals surface area contributed by atoms with Crippen molar-refractivity contribution in [2.75, 3.05) is 51.1 Å². The van der Waals surface area contributed by atoms with Gasteiger partial charge in [0.2, 0.25) is 0 Å². The van der Waals surface area contributed by atoms with Crippen molar-refractivity contribution in [2.24, 2.45) is 5.73 Å². The van der Waals surface area contributed by atoms with Crippen molar-refractivity contribution in [2.45, 2.75) is 44.4 Å². The lowest BCUT2D eigenvalue weighted by Crippen LogP contribution is -2.46. The molecule has 0 bridgehead atoms. The highest BCUT2D eigenvalue weighted by molar-refractivity contribution is 5.95. The van der Waals surface area contributed by atoms with Gasteiger partial charge in [0.1, 0.15) is 11.6 Å². The molecule has 220 valence electrons. The Morgan fingerprint density at radius 3 is 2.35 bits per heavy atom. The summed E-state index contributed by atoms with van der Waals surface area (Å²) in [5, 5.41) is 13.4. The highest BCUT2D eigenvalue weighted by Gasteiger charge is 2.38. The SMILES string of the molecule is NC1CCN(CCCCn2ccc(Nc3cc(C(=O)N4CCNCC4)ccn3)nc2=O)CC1.O=C(O)C(F)(F)F. The first-order valence-corrected chi connectivity index (χ1v) is 13.1. The molecule has 4 rings (SSSR count). The number of aromatic nitrogens is 3. The second-order valence-corrected chi connectivity index (χ2v) is 9.57. The molecule has 0 saturated carbocycles. The second kappa shape index (κ2) is 14.7. The third-order valence-electron chi connectivity index (χ3n) is 6.54. The number of unbranched alkanes of at least 4 members (excludes halogenated alkanes) is 1. The van der Waals surface area contributed by atoms with Crippen LogP contribution < -0.4 is 22.1 Å². The third-order valence-corrected chi connectivity index (χ3v) is 6.54. The fourth-order valence-corrected chi connectivity index (χ4v) is 4.28. The number of carbonyl (C=O) groups excluding carboxylic acids is 1. The largest absolute Gasteiger partial charge is 0.490 e. The molecule has 12 nitrogen and oxygen atoms in total. The molecule has 0 spiro atoms. The zero-order chi connectivity index (χ0) is 29.1. The first-order chi connectivity index (χ1) is 19.0. The van der Waals surface area contributed by atoms with E-state index < -0.39 is 12.1 Å². The van der Waals surface area contributed by atoms with E-state index in [1.807, 2.05) is 4.90 Å². The number of nitrogens with two attached hydrogens (primary N) is 1. The molecule has 2 aromatic heterocycles. The van der Waals surface area contributed by atoms with Crippen LogP contribution in [0.2, 0.25) is 0 Å². The van der Waals surface area contributed by atoms with Crippen LogP contribution in [-0.2, 0) is 11.3 Å². The molecule has 2 fully saturated rings. The average Bonchev–Trinajstić information content (AvgIpc) is 2.93. The number of piperazine rings is 1. The Balaban J connectivity index is 0.000000559. The van der Waals surface area contributed by atoms with Crippen LogP contribution in [0.4, 0.5) is 24.8 Å². The molecule has 2 saturated heterocycles. The number of aryl methyl sites for hydroxylation is 1. The van der Waals surface area contributed by atoms with Gasteiger partial charge < -0.3 is 31.3 Å². The summed E-state index contributed by atoms with van der Waals surface area (Å²) in [7, 11) is 0. The van der Waals surface area contributed by atoms with Crippen molar-refractivity contribution in [3.05, 3.63) is 46.6 Å². The number of alkyl halides is 3. The van der Waals surface area contributed by atoms with Crippen molar-refractivity contribution >= 4 is 23.5 Å². The molecular formula is C25H35F3N8O4. The number of pyridine rings is 1. The molecule has 0 aliphatic carbocycles. The van der Waals surface area contributed by atoms with Crippen molar-refractivity contribution < 1.29 is 27.9 Å². The van der Waals surface area contributed by atoms with E-state index in [2.05, 4.69) is 25.5 Å². The second-order valence-electron chi connectivity index (χ2n) is 9.57. The highest BCUT2D eigenvalue weighted by atomic mass is 19.4. The van der Waals surface area contributed by atoms with E-state index in [0.717, 1.165) is 58.4 Å². The molecule has 0 unspecified atom stereocenters. The van der Waals surface area contributed by atoms with Crippen molar-refractivity contribution in [1.82, 2.24) is 29.7 Å². The summed E-state index contributed by atoms with van der Waals surface area (Å²) >= 11 is 0. The van der Waals surface area contributed by atoms with Gasteiger partial charge in [0, 0.05) is 56.7 Å². The van der Waals surface area contributed by atoms with Gasteiger partial charge in [-0.05, 0) is 63.5 Å². The Hall–Kier alpha value is -3.56. The minimum atomic E-state index is -5.08. The van der Waals surface area contributed by atoms with Crippen molar-refractivity contribution in [1.29, 1.82) is 0 Å². The highest BCUT2D eigenvalue weighted by Crippen LogP contribution is 2.15. The number of rotatable bonds is 8. The number of carboxylic acids is 1. The molecule has 15 heteroatoms. The number of carbonyl (C=O) groups is 2. The fourth-order valence-electron chi connectivity index (χ4n) is 4.28. The van der Waals surface area contributed by atoms with Crippen LogP contribution in [0.5, 0.6) is 0 Å². The van der Waals surface area contributed by atoms with E-state index in [-0.39, 0.29) is 11.6 Å². The Labute approximate surface area is 229 Å². The number of anilines is 2. The van der Waals surface area contributed by atoms with Crippen LogP contribution in [0, 0.1) is 0 Å². The lowest BCUT2D eigenvalue weighted by atomic mass is 10.1. The molecule has 5 N–H and O–H groups in total. The number of hydrogen-bond acceptors (Lipinski definition) is 9. The van der Waals surface area contributed by atoms with Gasteiger partial charge in [0.25, 0.3) is 5.91 Å². The molecule has 4 heterocycles. The van der Waals surface area contributed by atoms with E-state index in [4.69, 9.17) is 15.6 Å². The quantitative estimate of drug-likeness (QED) is 0.342. The van der Waals surface area contributed by atoms with Gasteiger partial charge in [-0.1, -0.05) is 0 Å². The van der Waals surface area contributed by atoms with Crippen LogP contribution in [0.15, 0.2) is 35.4 Å². The zero-order valence-corrected chi connectivity index (χ0v) is 22.1. The van der Waals surface area contributed by atoms with Gasteiger partial charge >= 0.3 is 17.8 Å². The molecule has 1 amide bonds. The third kappa shape index (κ3) is 9.88. The van der Waals surface area contributed by atoms with Crippen molar-refractivity contribution in [3.8, 4) is 0 Å². The van der Waals surface area contributed by atoms with E-state index in [1.165, 1.54) is 0 Å². The lowest BCUT2D eigenvalue weighted by molar-refractivity contribution is -0.192. The number of carboxylic acid groups (broad SMARTS) is 1. The van der Waals surface area contributed by atoms with Crippen LogP contribution in [0.3, 0.4) is 0 Å². The summed E-state index contributed by atoms with van der Waals surface area (Å²) in [5.41, 5.74) is 6.23. The number of hydrogen-bond donors (Lipinski definition) is 4. The van der Waals surface area contributed by atoms with E-state index in [0.29, 0.717) is 42.9 Å². The predicted molar refractivity (Wildman–Crippen MR) is 141 cm³/mol. The minimum absolute atomic E-state index is 0.0160. The first-order valence-electron chi connectivity index (χ1n) is 13.1. The standard InChI is InChI=1S/C23H34N8O2.C2HF3O2/c24-19-4-12-29(13-5-19)10-1-2-11-31-14-6-20(28-23(31)33)27-21-17-18(3-7-26-21)22(32)30-15-8-25-9-16-30;3-2(4,5)1(6)7/h3,6-7,14,17,19,25H,1-2,4-5,8-13,15-16,24H2,(H,26,27,28,33);(H,6,7). The van der Waals surface area contributed by atoms with Crippen molar-refractivity contribution in [3.63, 3.8) is 0 Å². The molecule has 0 atom stereocenters. The smallest absolute Gasteiger partial charge is 0.475 e. The van der Waals surface area contributed by atoms with Crippen LogP contribution in [0.1, 0.15) is 36.0 Å². The van der Waals surface area contributed by atoms with E-state index in [1.54, 1.807) is 35.2 Å². The summed E-state index contributed by atoms with van der Waals surface area (Å²) < 4.78 is 33.4. The predicted octanol–water partition coefficient (Wildman–Crippen LogP) is 1.26. The van der Waals surface area contributed by atoms with Gasteiger partial charge in [0.15, 0.2) is 0 Å². The molecule has 40 heavy (non-hydrogen) atoms. The van der Waals surface area contributed by atoms with Gasteiger partial charge in [-0.15, -0.1) is 0 Å². The number of nitrogens with one attached hydrogen (secondary N) is 2. The monoisotopic (exact) mass is 568 g/mol. The maximum absolute atomic E-state index is 12.7. The minimum Gasteiger partial charge on any atom is -0.475 e. The van der Waals surface area contributed by atoms with Gasteiger partial charge in [-0.2, -0.15) is 18.2 Å². The maximum atomic E-state index is 12.7. The number of likely N-dealkylation sites (tertiary alicyclic amines) is 1.